The highest BCUT2D eigenvalue weighted by Gasteiger charge is 2.37. The fourth-order valence-electron chi connectivity index (χ4n) is 4.66. The van der Waals surface area contributed by atoms with Crippen LogP contribution in [0.25, 0.3) is 0 Å². The fraction of sp³-hybridized carbons (Fsp3) is 0.364. The van der Waals surface area contributed by atoms with Crippen molar-refractivity contribution >= 4 is 15.7 Å². The van der Waals surface area contributed by atoms with Gasteiger partial charge in [-0.15, -0.1) is 0 Å². The van der Waals surface area contributed by atoms with Gasteiger partial charge in [-0.1, -0.05) is 42.5 Å². The van der Waals surface area contributed by atoms with Crippen LogP contribution < -0.4 is 5.32 Å². The van der Waals surface area contributed by atoms with E-state index in [4.69, 9.17) is 4.74 Å². The van der Waals surface area contributed by atoms with Gasteiger partial charge in [-0.3, -0.25) is 0 Å². The number of benzene rings is 2. The lowest BCUT2D eigenvalue weighted by molar-refractivity contribution is 0.0730. The molecule has 0 aromatic heterocycles. The summed E-state index contributed by atoms with van der Waals surface area (Å²) in [6.07, 6.45) is 5.61. The summed E-state index contributed by atoms with van der Waals surface area (Å²) in [7, 11) is -3.46. The highest BCUT2D eigenvalue weighted by atomic mass is 32.2. The van der Waals surface area contributed by atoms with Gasteiger partial charge < -0.3 is 10.1 Å². The molecule has 0 saturated carbocycles. The van der Waals surface area contributed by atoms with Gasteiger partial charge in [0.15, 0.2) is 0 Å². The average Bonchev–Trinajstić information content (AvgIpc) is 3.24. The van der Waals surface area contributed by atoms with Crippen LogP contribution in [0.1, 0.15) is 29.5 Å². The van der Waals surface area contributed by atoms with Gasteiger partial charge in [0.2, 0.25) is 10.0 Å². The van der Waals surface area contributed by atoms with Crippen molar-refractivity contribution in [1.29, 1.82) is 0 Å². The molecular weight excluding hydrogens is 372 g/mol. The van der Waals surface area contributed by atoms with Crippen molar-refractivity contribution in [1.82, 2.24) is 4.31 Å². The van der Waals surface area contributed by atoms with E-state index in [9.17, 15) is 8.42 Å². The Hall–Kier alpha value is -2.15. The van der Waals surface area contributed by atoms with Crippen molar-refractivity contribution in [2.24, 2.45) is 5.92 Å². The van der Waals surface area contributed by atoms with Crippen molar-refractivity contribution < 1.29 is 13.2 Å². The van der Waals surface area contributed by atoms with E-state index in [0.717, 1.165) is 12.0 Å². The summed E-state index contributed by atoms with van der Waals surface area (Å²) in [4.78, 5) is 0.357. The van der Waals surface area contributed by atoms with Gasteiger partial charge in [-0.2, -0.15) is 4.31 Å². The van der Waals surface area contributed by atoms with Gasteiger partial charge in [-0.25, -0.2) is 8.42 Å². The molecule has 3 atom stereocenters. The Kier molecular flexibility index (Phi) is 4.50. The first-order valence-corrected chi connectivity index (χ1v) is 11.3. The molecule has 1 N–H and O–H groups in total. The molecule has 0 spiro atoms. The van der Waals surface area contributed by atoms with E-state index < -0.39 is 10.0 Å². The molecule has 0 radical (unpaired) electrons. The molecule has 5 nitrogen and oxygen atoms in total. The topological polar surface area (TPSA) is 58.6 Å². The molecule has 6 heteroatoms. The highest BCUT2D eigenvalue weighted by Crippen LogP contribution is 2.49. The Bertz CT molecular complexity index is 995. The number of nitrogens with one attached hydrogen (secondary N) is 1. The van der Waals surface area contributed by atoms with Gasteiger partial charge in [0.25, 0.3) is 0 Å². The number of sulfonamides is 1. The number of rotatable bonds is 3. The van der Waals surface area contributed by atoms with E-state index in [1.54, 1.807) is 12.1 Å². The molecule has 5 rings (SSSR count). The maximum absolute atomic E-state index is 12.9. The van der Waals surface area contributed by atoms with Crippen LogP contribution in [0, 0.1) is 5.92 Å². The van der Waals surface area contributed by atoms with Crippen molar-refractivity contribution in [2.45, 2.75) is 23.3 Å². The predicted molar refractivity (Wildman–Crippen MR) is 109 cm³/mol. The summed E-state index contributed by atoms with van der Waals surface area (Å²) in [5.41, 5.74) is 3.66. The third kappa shape index (κ3) is 2.96. The van der Waals surface area contributed by atoms with Crippen LogP contribution in [-0.4, -0.2) is 39.0 Å². The van der Waals surface area contributed by atoms with E-state index in [1.807, 2.05) is 12.1 Å². The minimum Gasteiger partial charge on any atom is -0.379 e. The third-order valence-electron chi connectivity index (χ3n) is 6.12. The maximum atomic E-state index is 12.9. The fourth-order valence-corrected chi connectivity index (χ4v) is 6.06. The number of hydrogen-bond acceptors (Lipinski definition) is 4. The Labute approximate surface area is 166 Å². The molecule has 3 aliphatic rings. The Morgan fingerprint density at radius 3 is 2.54 bits per heavy atom. The van der Waals surface area contributed by atoms with E-state index in [-0.39, 0.29) is 6.04 Å². The van der Waals surface area contributed by atoms with Crippen LogP contribution in [0.4, 0.5) is 5.69 Å². The van der Waals surface area contributed by atoms with Crippen LogP contribution in [0.2, 0.25) is 0 Å². The average molecular weight is 397 g/mol. The van der Waals surface area contributed by atoms with Gasteiger partial charge in [0, 0.05) is 24.7 Å². The second kappa shape index (κ2) is 7.03. The summed E-state index contributed by atoms with van der Waals surface area (Å²) >= 11 is 0. The summed E-state index contributed by atoms with van der Waals surface area (Å²) in [6, 6.07) is 16.1. The molecule has 2 aromatic carbocycles. The zero-order chi connectivity index (χ0) is 19.1. The van der Waals surface area contributed by atoms with E-state index in [0.29, 0.717) is 43.0 Å². The molecule has 0 bridgehead atoms. The van der Waals surface area contributed by atoms with Crippen molar-refractivity contribution in [3.05, 3.63) is 71.8 Å². The summed E-state index contributed by atoms with van der Waals surface area (Å²) < 4.78 is 32.5. The van der Waals surface area contributed by atoms with Crippen molar-refractivity contribution in [3.63, 3.8) is 0 Å². The predicted octanol–water partition coefficient (Wildman–Crippen LogP) is 3.53. The minimum atomic E-state index is -3.46. The quantitative estimate of drug-likeness (QED) is 0.807. The molecule has 146 valence electrons. The standard InChI is InChI=1S/C22H24N2O3S/c25-28(26,24-12-14-27-15-13-24)17-10-8-16(9-11-17)22-20-6-3-5-18(20)19-4-1-2-7-21(19)23-22/h1-5,7-11,18,20,22-23H,6,12-15H2/t18-,20-,22+/m1/s1. The smallest absolute Gasteiger partial charge is 0.243 e. The normalized spacial score (nSPS) is 27.1. The molecule has 2 aromatic rings. The van der Waals surface area contributed by atoms with E-state index in [1.165, 1.54) is 15.6 Å². The number of anilines is 1. The number of para-hydroxylation sites is 1. The second-order valence-corrected chi connectivity index (χ2v) is 9.59. The largest absolute Gasteiger partial charge is 0.379 e. The Morgan fingerprint density at radius 1 is 1.00 bits per heavy atom. The van der Waals surface area contributed by atoms with Crippen LogP contribution in [0.3, 0.4) is 0 Å². The van der Waals surface area contributed by atoms with Crippen LogP contribution >= 0.6 is 0 Å². The van der Waals surface area contributed by atoms with Crippen LogP contribution in [0.15, 0.2) is 65.6 Å². The third-order valence-corrected chi connectivity index (χ3v) is 8.03. The van der Waals surface area contributed by atoms with Crippen LogP contribution in [-0.2, 0) is 14.8 Å². The number of morpholine rings is 1. The molecule has 28 heavy (non-hydrogen) atoms. The molecule has 0 amide bonds. The van der Waals surface area contributed by atoms with Crippen molar-refractivity contribution in [3.8, 4) is 0 Å². The van der Waals surface area contributed by atoms with Gasteiger partial charge >= 0.3 is 0 Å². The number of nitrogens with zero attached hydrogens (tertiary/aromatic N) is 1. The van der Waals surface area contributed by atoms with Crippen molar-refractivity contribution in [2.75, 3.05) is 31.6 Å². The van der Waals surface area contributed by atoms with Gasteiger partial charge in [-0.05, 0) is 41.7 Å². The number of allylic oxidation sites excluding steroid dienone is 2. The molecule has 2 heterocycles. The zero-order valence-corrected chi connectivity index (χ0v) is 16.4. The maximum Gasteiger partial charge on any atom is 0.243 e. The molecule has 1 saturated heterocycles. The molecule has 2 aliphatic heterocycles. The first-order valence-electron chi connectivity index (χ1n) is 9.84. The zero-order valence-electron chi connectivity index (χ0n) is 15.6. The Balaban J connectivity index is 1.43. The Morgan fingerprint density at radius 2 is 1.75 bits per heavy atom. The van der Waals surface area contributed by atoms with Gasteiger partial charge in [0.05, 0.1) is 24.2 Å². The molecule has 1 aliphatic carbocycles. The highest BCUT2D eigenvalue weighted by molar-refractivity contribution is 7.89. The van der Waals surface area contributed by atoms with E-state index in [2.05, 4.69) is 41.7 Å². The SMILES string of the molecule is O=S(=O)(c1ccc([C@@H]2Nc3ccccc3[C@H]3C=CC[C@H]32)cc1)N1CCOCC1. The summed E-state index contributed by atoms with van der Waals surface area (Å²) in [5.74, 6) is 0.871. The minimum absolute atomic E-state index is 0.176. The van der Waals surface area contributed by atoms with E-state index >= 15 is 0 Å². The lowest BCUT2D eigenvalue weighted by Crippen LogP contribution is -2.40. The first-order chi connectivity index (χ1) is 13.6. The van der Waals surface area contributed by atoms with Gasteiger partial charge in [0.1, 0.15) is 0 Å². The number of hydrogen-bond donors (Lipinski definition) is 1. The number of ether oxygens (including phenoxy) is 1. The first kappa shape index (κ1) is 17.9. The summed E-state index contributed by atoms with van der Waals surface area (Å²) in [6.45, 7) is 1.75. The van der Waals surface area contributed by atoms with Crippen LogP contribution in [0.5, 0.6) is 0 Å². The monoisotopic (exact) mass is 396 g/mol. The second-order valence-electron chi connectivity index (χ2n) is 7.65. The summed E-state index contributed by atoms with van der Waals surface area (Å²) in [5, 5.41) is 3.69. The lowest BCUT2D eigenvalue weighted by Gasteiger charge is -2.37. The number of fused-ring (bicyclic) bond motifs is 3. The lowest BCUT2D eigenvalue weighted by atomic mass is 9.77. The molecule has 0 unspecified atom stereocenters. The molecule has 1 fully saturated rings. The molecular formula is C22H24N2O3S.